The van der Waals surface area contributed by atoms with Crippen molar-refractivity contribution in [3.05, 3.63) is 34.9 Å². The van der Waals surface area contributed by atoms with Crippen LogP contribution < -0.4 is 10.6 Å². The number of carbonyl (C=O) groups is 1. The monoisotopic (exact) mass is 324 g/mol. The fourth-order valence-electron chi connectivity index (χ4n) is 2.55. The maximum Gasteiger partial charge on any atom is 0.407 e. The van der Waals surface area contributed by atoms with Crippen LogP contribution in [0.4, 0.5) is 4.79 Å². The van der Waals surface area contributed by atoms with Gasteiger partial charge in [-0.15, -0.1) is 0 Å². The molecule has 1 amide bonds. The van der Waals surface area contributed by atoms with E-state index in [-0.39, 0.29) is 18.2 Å². The third-order valence-corrected chi connectivity index (χ3v) is 3.97. The highest BCUT2D eigenvalue weighted by Crippen LogP contribution is 2.25. The molecule has 1 aliphatic rings. The molecule has 1 aliphatic carbocycles. The third kappa shape index (κ3) is 5.18. The van der Waals surface area contributed by atoms with Crippen molar-refractivity contribution < 1.29 is 9.53 Å². The predicted octanol–water partition coefficient (Wildman–Crippen LogP) is 4.05. The summed E-state index contributed by atoms with van der Waals surface area (Å²) in [6, 6.07) is 8.77. The summed E-state index contributed by atoms with van der Waals surface area (Å²) in [5.41, 5.74) is 0.766. The number of alkyl carbamates (subject to hydrolysis) is 1. The first kappa shape index (κ1) is 17.1. The summed E-state index contributed by atoms with van der Waals surface area (Å²) in [6.07, 6.45) is 1.52. The predicted molar refractivity (Wildman–Crippen MR) is 89.2 cm³/mol. The second-order valence-electron chi connectivity index (χ2n) is 6.95. The highest BCUT2D eigenvalue weighted by molar-refractivity contribution is 6.30. The summed E-state index contributed by atoms with van der Waals surface area (Å²) < 4.78 is 5.26. The standard InChI is InChI=1S/C17H25ClN2O2/c1-11(12-5-7-13(18)8-6-12)19-14-9-15(10-14)20-16(21)22-17(2,3)4/h5-8,11,14-15,19H,9-10H2,1-4H3,(H,20,21)/t11-,14?,15?/m0/s1. The van der Waals surface area contributed by atoms with Crippen molar-refractivity contribution in [2.24, 2.45) is 0 Å². The smallest absolute Gasteiger partial charge is 0.407 e. The Kier molecular flexibility index (Phi) is 5.35. The first-order valence-corrected chi connectivity index (χ1v) is 8.12. The molecule has 0 heterocycles. The van der Waals surface area contributed by atoms with E-state index in [0.29, 0.717) is 6.04 Å². The molecule has 22 heavy (non-hydrogen) atoms. The van der Waals surface area contributed by atoms with Gasteiger partial charge in [-0.2, -0.15) is 0 Å². The van der Waals surface area contributed by atoms with Crippen LogP contribution in [0.5, 0.6) is 0 Å². The Labute approximate surface area is 137 Å². The van der Waals surface area contributed by atoms with Crippen molar-refractivity contribution in [2.75, 3.05) is 0 Å². The first-order valence-electron chi connectivity index (χ1n) is 7.74. The Bertz CT molecular complexity index is 504. The van der Waals surface area contributed by atoms with Crippen LogP contribution in [-0.2, 0) is 4.74 Å². The molecule has 0 radical (unpaired) electrons. The van der Waals surface area contributed by atoms with E-state index in [1.165, 1.54) is 5.56 Å². The fraction of sp³-hybridized carbons (Fsp3) is 0.588. The number of hydrogen-bond donors (Lipinski definition) is 2. The molecule has 2 N–H and O–H groups in total. The Morgan fingerprint density at radius 1 is 1.23 bits per heavy atom. The second-order valence-corrected chi connectivity index (χ2v) is 7.39. The van der Waals surface area contributed by atoms with Gasteiger partial charge in [-0.1, -0.05) is 23.7 Å². The van der Waals surface area contributed by atoms with E-state index >= 15 is 0 Å². The van der Waals surface area contributed by atoms with Crippen molar-refractivity contribution in [1.82, 2.24) is 10.6 Å². The highest BCUT2D eigenvalue weighted by Gasteiger charge is 2.32. The van der Waals surface area contributed by atoms with Gasteiger partial charge in [0, 0.05) is 23.1 Å². The summed E-state index contributed by atoms with van der Waals surface area (Å²) in [5.74, 6) is 0. The number of carbonyl (C=O) groups excluding carboxylic acids is 1. The van der Waals surface area contributed by atoms with Gasteiger partial charge in [-0.25, -0.2) is 4.79 Å². The number of rotatable bonds is 4. The number of nitrogens with one attached hydrogen (secondary N) is 2. The van der Waals surface area contributed by atoms with Crippen molar-refractivity contribution in [3.63, 3.8) is 0 Å². The number of halogens is 1. The molecule has 2 rings (SSSR count). The first-order chi connectivity index (χ1) is 10.2. The van der Waals surface area contributed by atoms with E-state index in [0.717, 1.165) is 17.9 Å². The van der Waals surface area contributed by atoms with Crippen LogP contribution in [0.2, 0.25) is 5.02 Å². The molecule has 1 fully saturated rings. The Balaban J connectivity index is 1.71. The molecule has 0 bridgehead atoms. The van der Waals surface area contributed by atoms with E-state index in [9.17, 15) is 4.79 Å². The molecular formula is C17H25ClN2O2. The van der Waals surface area contributed by atoms with Gasteiger partial charge < -0.3 is 15.4 Å². The largest absolute Gasteiger partial charge is 0.444 e. The van der Waals surface area contributed by atoms with Crippen LogP contribution in [0.25, 0.3) is 0 Å². The quantitative estimate of drug-likeness (QED) is 0.878. The molecular weight excluding hydrogens is 300 g/mol. The minimum Gasteiger partial charge on any atom is -0.444 e. The molecule has 1 atom stereocenters. The van der Waals surface area contributed by atoms with E-state index in [4.69, 9.17) is 16.3 Å². The third-order valence-electron chi connectivity index (χ3n) is 3.71. The molecule has 1 saturated carbocycles. The van der Waals surface area contributed by atoms with Gasteiger partial charge in [0.05, 0.1) is 0 Å². The van der Waals surface area contributed by atoms with Crippen LogP contribution in [0.1, 0.15) is 52.1 Å². The second kappa shape index (κ2) is 6.88. The van der Waals surface area contributed by atoms with E-state index in [2.05, 4.69) is 17.6 Å². The Morgan fingerprint density at radius 3 is 2.36 bits per heavy atom. The summed E-state index contributed by atoms with van der Waals surface area (Å²) in [5, 5.41) is 7.22. The van der Waals surface area contributed by atoms with Crippen LogP contribution in [-0.4, -0.2) is 23.8 Å². The molecule has 0 saturated heterocycles. The van der Waals surface area contributed by atoms with Crippen molar-refractivity contribution in [1.29, 1.82) is 0 Å². The summed E-state index contributed by atoms with van der Waals surface area (Å²) in [6.45, 7) is 7.74. The molecule has 0 aliphatic heterocycles. The van der Waals surface area contributed by atoms with Gasteiger partial charge in [-0.3, -0.25) is 0 Å². The summed E-state index contributed by atoms with van der Waals surface area (Å²) in [7, 11) is 0. The van der Waals surface area contributed by atoms with Gasteiger partial charge in [0.2, 0.25) is 0 Å². The molecule has 4 nitrogen and oxygen atoms in total. The zero-order valence-electron chi connectivity index (χ0n) is 13.7. The van der Waals surface area contributed by atoms with Crippen molar-refractivity contribution in [2.45, 2.75) is 64.3 Å². The van der Waals surface area contributed by atoms with Crippen molar-refractivity contribution in [3.8, 4) is 0 Å². The number of amides is 1. The fourth-order valence-corrected chi connectivity index (χ4v) is 2.67. The minimum atomic E-state index is -0.450. The lowest BCUT2D eigenvalue weighted by Crippen LogP contribution is -2.53. The van der Waals surface area contributed by atoms with E-state index in [1.54, 1.807) is 0 Å². The minimum absolute atomic E-state index is 0.199. The van der Waals surface area contributed by atoms with Crippen molar-refractivity contribution >= 4 is 17.7 Å². The topological polar surface area (TPSA) is 50.4 Å². The SMILES string of the molecule is C[C@H](NC1CC(NC(=O)OC(C)(C)C)C1)c1ccc(Cl)cc1. The lowest BCUT2D eigenvalue weighted by molar-refractivity contribution is 0.0463. The molecule has 5 heteroatoms. The van der Waals surface area contributed by atoms with E-state index < -0.39 is 5.60 Å². The molecule has 1 aromatic rings. The van der Waals surface area contributed by atoms with Crippen LogP contribution in [0, 0.1) is 0 Å². The number of hydrogen-bond acceptors (Lipinski definition) is 3. The summed E-state index contributed by atoms with van der Waals surface area (Å²) >= 11 is 5.90. The lowest BCUT2D eigenvalue weighted by Gasteiger charge is -2.38. The van der Waals surface area contributed by atoms with Gasteiger partial charge >= 0.3 is 6.09 Å². The molecule has 0 unspecified atom stereocenters. The van der Waals surface area contributed by atoms with Gasteiger partial charge in [-0.05, 0) is 58.2 Å². The highest BCUT2D eigenvalue weighted by atomic mass is 35.5. The zero-order chi connectivity index (χ0) is 16.3. The average molecular weight is 325 g/mol. The average Bonchev–Trinajstić information content (AvgIpc) is 2.34. The van der Waals surface area contributed by atoms with Gasteiger partial charge in [0.15, 0.2) is 0 Å². The van der Waals surface area contributed by atoms with Crippen LogP contribution in [0.15, 0.2) is 24.3 Å². The zero-order valence-corrected chi connectivity index (χ0v) is 14.4. The van der Waals surface area contributed by atoms with E-state index in [1.807, 2.05) is 45.0 Å². The molecule has 122 valence electrons. The summed E-state index contributed by atoms with van der Waals surface area (Å²) in [4.78, 5) is 11.7. The number of ether oxygens (including phenoxy) is 1. The lowest BCUT2D eigenvalue weighted by atomic mass is 9.86. The van der Waals surface area contributed by atoms with Gasteiger partial charge in [0.1, 0.15) is 5.60 Å². The molecule has 0 spiro atoms. The van der Waals surface area contributed by atoms with Crippen LogP contribution in [0.3, 0.4) is 0 Å². The van der Waals surface area contributed by atoms with Gasteiger partial charge in [0.25, 0.3) is 0 Å². The molecule has 1 aromatic carbocycles. The Hall–Kier alpha value is -1.26. The van der Waals surface area contributed by atoms with Crippen LogP contribution >= 0.6 is 11.6 Å². The Morgan fingerprint density at radius 2 is 1.82 bits per heavy atom. The number of benzene rings is 1. The molecule has 0 aromatic heterocycles. The normalized spacial score (nSPS) is 22.6. The maximum atomic E-state index is 11.7. The maximum absolute atomic E-state index is 11.7.